The number of nitrogens with one attached hydrogen (secondary N) is 1. The standard InChI is InChI=1S/C16H20N4O/c1-3-21-16-10-15(18-12(2)19-16)20-9-8-17-11-13-6-4-5-7-14(13)20/h4-7,10,17H,3,8-9,11H2,1-2H3. The number of para-hydroxylation sites is 1. The summed E-state index contributed by atoms with van der Waals surface area (Å²) in [6.07, 6.45) is 0. The van der Waals surface area contributed by atoms with Gasteiger partial charge in [0.05, 0.1) is 6.61 Å². The molecular formula is C16H20N4O. The molecule has 1 aromatic heterocycles. The molecular weight excluding hydrogens is 264 g/mol. The van der Waals surface area contributed by atoms with Gasteiger partial charge in [-0.15, -0.1) is 0 Å². The third-order valence-electron chi connectivity index (χ3n) is 3.48. The molecule has 5 nitrogen and oxygen atoms in total. The Morgan fingerprint density at radius 2 is 2.14 bits per heavy atom. The molecule has 1 aliphatic rings. The van der Waals surface area contributed by atoms with Gasteiger partial charge in [-0.25, -0.2) is 4.98 Å². The molecule has 0 saturated carbocycles. The molecule has 5 heteroatoms. The second-order valence-corrected chi connectivity index (χ2v) is 5.00. The van der Waals surface area contributed by atoms with Crippen molar-refractivity contribution >= 4 is 11.5 Å². The number of aryl methyl sites for hydroxylation is 1. The SMILES string of the molecule is CCOc1cc(N2CCNCc3ccccc32)nc(C)n1. The van der Waals surface area contributed by atoms with Crippen LogP contribution in [0.15, 0.2) is 30.3 Å². The highest BCUT2D eigenvalue weighted by Crippen LogP contribution is 2.29. The van der Waals surface area contributed by atoms with E-state index in [1.165, 1.54) is 11.3 Å². The average molecular weight is 284 g/mol. The number of fused-ring (bicyclic) bond motifs is 1. The van der Waals surface area contributed by atoms with Gasteiger partial charge >= 0.3 is 0 Å². The lowest BCUT2D eigenvalue weighted by atomic mass is 10.1. The first kappa shape index (κ1) is 13.8. The Morgan fingerprint density at radius 3 is 3.00 bits per heavy atom. The van der Waals surface area contributed by atoms with Gasteiger partial charge < -0.3 is 15.0 Å². The third kappa shape index (κ3) is 2.97. The van der Waals surface area contributed by atoms with Gasteiger partial charge in [0.2, 0.25) is 5.88 Å². The van der Waals surface area contributed by atoms with Crippen LogP contribution < -0.4 is 15.0 Å². The van der Waals surface area contributed by atoms with Gasteiger partial charge in [-0.05, 0) is 25.5 Å². The molecule has 1 aliphatic heterocycles. The molecule has 0 aliphatic carbocycles. The summed E-state index contributed by atoms with van der Waals surface area (Å²) in [7, 11) is 0. The number of nitrogens with zero attached hydrogens (tertiary/aromatic N) is 3. The zero-order chi connectivity index (χ0) is 14.7. The van der Waals surface area contributed by atoms with Crippen molar-refractivity contribution in [1.82, 2.24) is 15.3 Å². The molecule has 0 fully saturated rings. The van der Waals surface area contributed by atoms with E-state index in [1.54, 1.807) is 0 Å². The molecule has 0 atom stereocenters. The summed E-state index contributed by atoms with van der Waals surface area (Å²) in [5.74, 6) is 2.25. The summed E-state index contributed by atoms with van der Waals surface area (Å²) in [5.41, 5.74) is 2.48. The first-order valence-electron chi connectivity index (χ1n) is 7.32. The van der Waals surface area contributed by atoms with Crippen molar-refractivity contribution in [3.05, 3.63) is 41.7 Å². The third-order valence-corrected chi connectivity index (χ3v) is 3.48. The molecule has 0 saturated heterocycles. The predicted molar refractivity (Wildman–Crippen MR) is 83.1 cm³/mol. The van der Waals surface area contributed by atoms with Crippen LogP contribution in [-0.2, 0) is 6.54 Å². The monoisotopic (exact) mass is 284 g/mol. The van der Waals surface area contributed by atoms with E-state index in [0.29, 0.717) is 12.5 Å². The van der Waals surface area contributed by atoms with Crippen LogP contribution in [-0.4, -0.2) is 29.7 Å². The van der Waals surface area contributed by atoms with E-state index in [0.717, 1.165) is 31.3 Å². The van der Waals surface area contributed by atoms with Crippen molar-refractivity contribution in [3.63, 3.8) is 0 Å². The minimum atomic E-state index is 0.605. The Balaban J connectivity index is 2.03. The summed E-state index contributed by atoms with van der Waals surface area (Å²) < 4.78 is 5.54. The molecule has 2 aromatic rings. The second-order valence-electron chi connectivity index (χ2n) is 5.00. The Hall–Kier alpha value is -2.14. The van der Waals surface area contributed by atoms with Gasteiger partial charge in [-0.2, -0.15) is 4.98 Å². The first-order chi connectivity index (χ1) is 10.3. The van der Waals surface area contributed by atoms with Gasteiger partial charge in [0.25, 0.3) is 0 Å². The molecule has 2 heterocycles. The van der Waals surface area contributed by atoms with Crippen molar-refractivity contribution in [1.29, 1.82) is 0 Å². The molecule has 1 N–H and O–H groups in total. The maximum Gasteiger partial charge on any atom is 0.218 e. The van der Waals surface area contributed by atoms with Crippen LogP contribution in [0.4, 0.5) is 11.5 Å². The van der Waals surface area contributed by atoms with Gasteiger partial charge in [-0.1, -0.05) is 18.2 Å². The van der Waals surface area contributed by atoms with Gasteiger partial charge in [0, 0.05) is 31.4 Å². The number of hydrogen-bond acceptors (Lipinski definition) is 5. The molecule has 1 aromatic carbocycles. The highest BCUT2D eigenvalue weighted by molar-refractivity contribution is 5.65. The zero-order valence-corrected chi connectivity index (χ0v) is 12.5. The van der Waals surface area contributed by atoms with Crippen LogP contribution >= 0.6 is 0 Å². The number of rotatable bonds is 3. The molecule has 0 radical (unpaired) electrons. The van der Waals surface area contributed by atoms with Crippen LogP contribution in [0.5, 0.6) is 5.88 Å². The minimum Gasteiger partial charge on any atom is -0.478 e. The Labute approximate surface area is 125 Å². The predicted octanol–water partition coefficient (Wildman–Crippen LogP) is 2.43. The summed E-state index contributed by atoms with van der Waals surface area (Å²) in [4.78, 5) is 11.1. The smallest absolute Gasteiger partial charge is 0.218 e. The molecule has 0 spiro atoms. The van der Waals surface area contributed by atoms with Crippen molar-refractivity contribution in [2.45, 2.75) is 20.4 Å². The van der Waals surface area contributed by atoms with Crippen molar-refractivity contribution in [3.8, 4) is 5.88 Å². The Morgan fingerprint density at radius 1 is 1.29 bits per heavy atom. The number of anilines is 2. The van der Waals surface area contributed by atoms with E-state index in [4.69, 9.17) is 4.74 Å². The average Bonchev–Trinajstić information content (AvgIpc) is 2.69. The van der Waals surface area contributed by atoms with Crippen LogP contribution in [0, 0.1) is 6.92 Å². The molecule has 110 valence electrons. The maximum absolute atomic E-state index is 5.54. The number of hydrogen-bond donors (Lipinski definition) is 1. The lowest BCUT2D eigenvalue weighted by Gasteiger charge is -2.24. The lowest BCUT2D eigenvalue weighted by Crippen LogP contribution is -2.25. The first-order valence-corrected chi connectivity index (χ1v) is 7.32. The summed E-state index contributed by atoms with van der Waals surface area (Å²) in [6, 6.07) is 10.3. The van der Waals surface area contributed by atoms with Crippen LogP contribution in [0.2, 0.25) is 0 Å². The van der Waals surface area contributed by atoms with Crippen LogP contribution in [0.1, 0.15) is 18.3 Å². The number of aromatic nitrogens is 2. The lowest BCUT2D eigenvalue weighted by molar-refractivity contribution is 0.325. The summed E-state index contributed by atoms with van der Waals surface area (Å²) in [5, 5.41) is 3.44. The fourth-order valence-corrected chi connectivity index (χ4v) is 2.58. The Bertz CT molecular complexity index is 629. The van der Waals surface area contributed by atoms with Crippen molar-refractivity contribution in [2.24, 2.45) is 0 Å². The van der Waals surface area contributed by atoms with E-state index in [2.05, 4.69) is 44.5 Å². The molecule has 0 bridgehead atoms. The van der Waals surface area contributed by atoms with Crippen molar-refractivity contribution in [2.75, 3.05) is 24.6 Å². The van der Waals surface area contributed by atoms with E-state index >= 15 is 0 Å². The van der Waals surface area contributed by atoms with Gasteiger partial charge in [0.1, 0.15) is 11.6 Å². The summed E-state index contributed by atoms with van der Waals surface area (Å²) in [6.45, 7) is 7.14. The number of benzene rings is 1. The van der Waals surface area contributed by atoms with E-state index in [9.17, 15) is 0 Å². The summed E-state index contributed by atoms with van der Waals surface area (Å²) >= 11 is 0. The fourth-order valence-electron chi connectivity index (χ4n) is 2.58. The fraction of sp³-hybridized carbons (Fsp3) is 0.375. The maximum atomic E-state index is 5.54. The second kappa shape index (κ2) is 6.10. The van der Waals surface area contributed by atoms with Crippen LogP contribution in [0.25, 0.3) is 0 Å². The normalized spacial score (nSPS) is 14.5. The minimum absolute atomic E-state index is 0.605. The van der Waals surface area contributed by atoms with Gasteiger partial charge in [-0.3, -0.25) is 0 Å². The topological polar surface area (TPSA) is 50.3 Å². The largest absolute Gasteiger partial charge is 0.478 e. The number of ether oxygens (including phenoxy) is 1. The quantitative estimate of drug-likeness (QED) is 0.938. The van der Waals surface area contributed by atoms with E-state index < -0.39 is 0 Å². The van der Waals surface area contributed by atoms with E-state index in [-0.39, 0.29) is 0 Å². The Kier molecular flexibility index (Phi) is 4.01. The van der Waals surface area contributed by atoms with Crippen molar-refractivity contribution < 1.29 is 4.74 Å². The van der Waals surface area contributed by atoms with E-state index in [1.807, 2.05) is 19.9 Å². The zero-order valence-electron chi connectivity index (χ0n) is 12.5. The molecule has 3 rings (SSSR count). The highest BCUT2D eigenvalue weighted by Gasteiger charge is 2.18. The highest BCUT2D eigenvalue weighted by atomic mass is 16.5. The van der Waals surface area contributed by atoms with Gasteiger partial charge in [0.15, 0.2) is 0 Å². The molecule has 0 unspecified atom stereocenters. The molecule has 0 amide bonds. The van der Waals surface area contributed by atoms with Crippen LogP contribution in [0.3, 0.4) is 0 Å². The molecule has 21 heavy (non-hydrogen) atoms.